The van der Waals surface area contributed by atoms with Crippen molar-refractivity contribution in [3.8, 4) is 0 Å². The number of nitrogens with one attached hydrogen (secondary N) is 1. The molecular weight excluding hydrogens is 391 g/mol. The molecule has 0 unspecified atom stereocenters. The Balaban J connectivity index is 1.51. The first-order valence-corrected chi connectivity index (χ1v) is 10.5. The summed E-state index contributed by atoms with van der Waals surface area (Å²) in [5, 5.41) is 3.24. The molecule has 0 bridgehead atoms. The van der Waals surface area contributed by atoms with Crippen LogP contribution in [0.4, 0.5) is 10.1 Å². The zero-order valence-corrected chi connectivity index (χ0v) is 17.0. The van der Waals surface area contributed by atoms with Crippen molar-refractivity contribution >= 4 is 29.1 Å². The van der Waals surface area contributed by atoms with Crippen LogP contribution in [0.5, 0.6) is 0 Å². The SMILES string of the molecule is O=C(c1ccc(NC(=O)C2(c3cccc(F)c3)CCC2)cc1Cl)N1CCCCC1. The maximum atomic E-state index is 13.7. The minimum absolute atomic E-state index is 0.0669. The van der Waals surface area contributed by atoms with Gasteiger partial charge in [0.25, 0.3) is 5.91 Å². The largest absolute Gasteiger partial charge is 0.339 e. The average Bonchev–Trinajstić information content (AvgIpc) is 2.67. The van der Waals surface area contributed by atoms with Gasteiger partial charge in [-0.1, -0.05) is 30.2 Å². The normalized spacial score (nSPS) is 18.1. The summed E-state index contributed by atoms with van der Waals surface area (Å²) in [7, 11) is 0. The van der Waals surface area contributed by atoms with Crippen molar-refractivity contribution in [2.24, 2.45) is 0 Å². The van der Waals surface area contributed by atoms with Crippen LogP contribution in [0.2, 0.25) is 5.02 Å². The van der Waals surface area contributed by atoms with Gasteiger partial charge in [0, 0.05) is 18.8 Å². The Kier molecular flexibility index (Phi) is 5.59. The molecule has 152 valence electrons. The number of hydrogen-bond donors (Lipinski definition) is 1. The second-order valence-electron chi connectivity index (χ2n) is 7.95. The first-order valence-electron chi connectivity index (χ1n) is 10.2. The van der Waals surface area contributed by atoms with Gasteiger partial charge < -0.3 is 10.2 Å². The molecule has 2 aromatic rings. The van der Waals surface area contributed by atoms with E-state index in [1.807, 2.05) is 4.90 Å². The van der Waals surface area contributed by atoms with Crippen molar-refractivity contribution in [2.75, 3.05) is 18.4 Å². The second-order valence-corrected chi connectivity index (χ2v) is 8.35. The fourth-order valence-corrected chi connectivity index (χ4v) is 4.51. The van der Waals surface area contributed by atoms with Crippen LogP contribution in [-0.4, -0.2) is 29.8 Å². The van der Waals surface area contributed by atoms with Gasteiger partial charge in [-0.25, -0.2) is 4.39 Å². The second kappa shape index (κ2) is 8.15. The molecule has 6 heteroatoms. The molecular formula is C23H24ClFN2O2. The first-order chi connectivity index (χ1) is 14.0. The molecule has 1 aliphatic heterocycles. The van der Waals surface area contributed by atoms with E-state index in [2.05, 4.69) is 5.32 Å². The number of piperidine rings is 1. The third kappa shape index (κ3) is 3.88. The Morgan fingerprint density at radius 2 is 1.76 bits per heavy atom. The molecule has 2 aliphatic rings. The lowest BCUT2D eigenvalue weighted by atomic mass is 9.63. The highest BCUT2D eigenvalue weighted by Crippen LogP contribution is 2.45. The van der Waals surface area contributed by atoms with Crippen LogP contribution in [0.1, 0.15) is 54.4 Å². The summed E-state index contributed by atoms with van der Waals surface area (Å²) >= 11 is 6.38. The quantitative estimate of drug-likeness (QED) is 0.750. The maximum Gasteiger partial charge on any atom is 0.255 e. The molecule has 1 N–H and O–H groups in total. The number of halogens is 2. The van der Waals surface area contributed by atoms with Gasteiger partial charge in [-0.2, -0.15) is 0 Å². The van der Waals surface area contributed by atoms with Crippen molar-refractivity contribution in [3.05, 3.63) is 64.4 Å². The van der Waals surface area contributed by atoms with Crippen molar-refractivity contribution < 1.29 is 14.0 Å². The van der Waals surface area contributed by atoms with Crippen LogP contribution in [0, 0.1) is 5.82 Å². The number of carbonyl (C=O) groups is 2. The summed E-state index contributed by atoms with van der Waals surface area (Å²) in [4.78, 5) is 27.6. The van der Waals surface area contributed by atoms with E-state index < -0.39 is 5.41 Å². The standard InChI is InChI=1S/C23H24ClFN2O2/c24-20-15-18(8-9-19(20)21(28)27-12-2-1-3-13-27)26-22(29)23(10-5-11-23)16-6-4-7-17(25)14-16/h4,6-9,14-15H,1-3,5,10-13H2,(H,26,29). The van der Waals surface area contributed by atoms with Crippen LogP contribution in [0.15, 0.2) is 42.5 Å². The Morgan fingerprint density at radius 3 is 2.38 bits per heavy atom. The van der Waals surface area contributed by atoms with Crippen LogP contribution in [-0.2, 0) is 10.2 Å². The summed E-state index contributed by atoms with van der Waals surface area (Å²) in [5.41, 5.74) is 0.980. The topological polar surface area (TPSA) is 49.4 Å². The molecule has 4 rings (SSSR count). The van der Waals surface area contributed by atoms with Gasteiger partial charge in [-0.3, -0.25) is 9.59 Å². The summed E-state index contributed by atoms with van der Waals surface area (Å²) < 4.78 is 13.7. The monoisotopic (exact) mass is 414 g/mol. The fraction of sp³-hybridized carbons (Fsp3) is 0.391. The molecule has 1 saturated carbocycles. The summed E-state index contributed by atoms with van der Waals surface area (Å²) in [5.74, 6) is -0.575. The third-order valence-electron chi connectivity index (χ3n) is 6.12. The number of likely N-dealkylation sites (tertiary alicyclic amines) is 1. The lowest BCUT2D eigenvalue weighted by molar-refractivity contribution is -0.124. The zero-order chi connectivity index (χ0) is 20.4. The minimum atomic E-state index is -0.711. The van der Waals surface area contributed by atoms with Crippen molar-refractivity contribution in [1.82, 2.24) is 4.90 Å². The van der Waals surface area contributed by atoms with E-state index in [-0.39, 0.29) is 17.6 Å². The van der Waals surface area contributed by atoms with Gasteiger partial charge >= 0.3 is 0 Å². The Morgan fingerprint density at radius 1 is 1.00 bits per heavy atom. The zero-order valence-electron chi connectivity index (χ0n) is 16.2. The maximum absolute atomic E-state index is 13.7. The Hall–Kier alpha value is -2.40. The van der Waals surface area contributed by atoms with Crippen LogP contribution in [0.25, 0.3) is 0 Å². The summed E-state index contributed by atoms with van der Waals surface area (Å²) in [6.45, 7) is 1.51. The van der Waals surface area contributed by atoms with E-state index in [0.29, 0.717) is 34.7 Å². The lowest BCUT2D eigenvalue weighted by Gasteiger charge is -2.40. The number of hydrogen-bond acceptors (Lipinski definition) is 2. The molecule has 2 amide bonds. The van der Waals surface area contributed by atoms with Crippen molar-refractivity contribution in [1.29, 1.82) is 0 Å². The van der Waals surface area contributed by atoms with Gasteiger partial charge in [0.2, 0.25) is 5.91 Å². The van der Waals surface area contributed by atoms with Crippen LogP contribution in [0.3, 0.4) is 0 Å². The molecule has 0 radical (unpaired) electrons. The van der Waals surface area contributed by atoms with E-state index in [1.54, 1.807) is 30.3 Å². The highest BCUT2D eigenvalue weighted by Gasteiger charge is 2.45. The lowest BCUT2D eigenvalue weighted by Crippen LogP contribution is -2.46. The van der Waals surface area contributed by atoms with E-state index in [9.17, 15) is 14.0 Å². The number of rotatable bonds is 4. The van der Waals surface area contributed by atoms with E-state index in [1.165, 1.54) is 12.1 Å². The van der Waals surface area contributed by atoms with Gasteiger partial charge in [0.15, 0.2) is 0 Å². The van der Waals surface area contributed by atoms with Crippen molar-refractivity contribution in [3.63, 3.8) is 0 Å². The number of amides is 2. The molecule has 1 aliphatic carbocycles. The van der Waals surface area contributed by atoms with Gasteiger partial charge in [-0.15, -0.1) is 0 Å². The third-order valence-corrected chi connectivity index (χ3v) is 6.43. The average molecular weight is 415 g/mol. The highest BCUT2D eigenvalue weighted by molar-refractivity contribution is 6.34. The molecule has 4 nitrogen and oxygen atoms in total. The highest BCUT2D eigenvalue weighted by atomic mass is 35.5. The van der Waals surface area contributed by atoms with Crippen LogP contribution >= 0.6 is 11.6 Å². The van der Waals surface area contributed by atoms with Gasteiger partial charge in [0.05, 0.1) is 16.0 Å². The molecule has 0 spiro atoms. The summed E-state index contributed by atoms with van der Waals surface area (Å²) in [6, 6.07) is 11.3. The van der Waals surface area contributed by atoms with Gasteiger partial charge in [-0.05, 0) is 68.0 Å². The molecule has 0 aromatic heterocycles. The fourth-order valence-electron chi connectivity index (χ4n) is 4.25. The summed E-state index contributed by atoms with van der Waals surface area (Å²) in [6.07, 6.45) is 5.46. The number of anilines is 1. The molecule has 2 aromatic carbocycles. The number of benzene rings is 2. The number of nitrogens with zero attached hydrogens (tertiary/aromatic N) is 1. The first kappa shape index (κ1) is 19.9. The molecule has 2 fully saturated rings. The smallest absolute Gasteiger partial charge is 0.255 e. The molecule has 0 atom stereocenters. The Labute approximate surface area is 175 Å². The molecule has 1 saturated heterocycles. The van der Waals surface area contributed by atoms with E-state index in [4.69, 9.17) is 11.6 Å². The Bertz CT molecular complexity index is 936. The minimum Gasteiger partial charge on any atom is -0.339 e. The predicted octanol–water partition coefficient (Wildman–Crippen LogP) is 5.17. The predicted molar refractivity (Wildman–Crippen MR) is 112 cm³/mol. The van der Waals surface area contributed by atoms with E-state index >= 15 is 0 Å². The van der Waals surface area contributed by atoms with Gasteiger partial charge in [0.1, 0.15) is 5.82 Å². The van der Waals surface area contributed by atoms with Crippen molar-refractivity contribution in [2.45, 2.75) is 43.9 Å². The van der Waals surface area contributed by atoms with Crippen LogP contribution < -0.4 is 5.32 Å². The molecule has 29 heavy (non-hydrogen) atoms. The number of carbonyl (C=O) groups excluding carboxylic acids is 2. The van der Waals surface area contributed by atoms with E-state index in [0.717, 1.165) is 38.8 Å². The molecule has 1 heterocycles.